The highest BCUT2D eigenvalue weighted by Crippen LogP contribution is 2.12. The zero-order valence-corrected chi connectivity index (χ0v) is 18.4. The number of hydrogen-bond donors (Lipinski definition) is 4. The molecule has 8 nitrogen and oxygen atoms in total. The average Bonchev–Trinajstić information content (AvgIpc) is 2.83. The van der Waals surface area contributed by atoms with Gasteiger partial charge in [0.15, 0.2) is 11.6 Å². The molecule has 0 spiro atoms. The number of nitrogens with one attached hydrogen (secondary N) is 1. The van der Waals surface area contributed by atoms with E-state index in [2.05, 4.69) is 17.2 Å². The molecule has 0 bridgehead atoms. The molecule has 8 heteroatoms. The molecule has 0 aliphatic carbocycles. The third-order valence-electron chi connectivity index (χ3n) is 4.68. The van der Waals surface area contributed by atoms with E-state index in [9.17, 15) is 19.5 Å². The molecule has 0 unspecified atom stereocenters. The molecular formula is C25H28N2O6. The number of Topliss-reactive ketones (excluding diaryl/α,β-unsaturated/α-hetero) is 2. The topological polar surface area (TPSA) is 139 Å². The third-order valence-corrected chi connectivity index (χ3v) is 4.68. The minimum absolute atomic E-state index is 0.00263. The van der Waals surface area contributed by atoms with Gasteiger partial charge in [0.05, 0.1) is 6.10 Å². The largest absolute Gasteiger partial charge is 0.486 e. The van der Waals surface area contributed by atoms with Gasteiger partial charge in [0.1, 0.15) is 25.0 Å². The first kappa shape index (κ1) is 25.7. The van der Waals surface area contributed by atoms with Gasteiger partial charge < -0.3 is 26.0 Å². The molecule has 1 amide bonds. The van der Waals surface area contributed by atoms with Crippen LogP contribution in [0.2, 0.25) is 0 Å². The summed E-state index contributed by atoms with van der Waals surface area (Å²) < 4.78 is 5.46. The molecule has 2 atom stereocenters. The Hall–Kier alpha value is -3.51. The van der Waals surface area contributed by atoms with Crippen LogP contribution in [0.4, 0.5) is 0 Å². The van der Waals surface area contributed by atoms with Gasteiger partial charge in [0, 0.05) is 23.1 Å². The average molecular weight is 453 g/mol. The highest BCUT2D eigenvalue weighted by atomic mass is 16.5. The second-order valence-corrected chi connectivity index (χ2v) is 7.39. The smallest absolute Gasteiger partial charge is 0.251 e. The zero-order valence-electron chi connectivity index (χ0n) is 18.4. The fraction of sp³-hybridized carbons (Fsp3) is 0.320. The lowest BCUT2D eigenvalue weighted by Crippen LogP contribution is -2.48. The summed E-state index contributed by atoms with van der Waals surface area (Å²) in [6.45, 7) is 1.07. The van der Waals surface area contributed by atoms with Crippen LogP contribution < -0.4 is 15.8 Å². The number of aliphatic hydroxyl groups excluding tert-OH is 2. The number of amides is 1. The molecule has 0 fully saturated rings. The molecule has 0 aromatic heterocycles. The van der Waals surface area contributed by atoms with E-state index >= 15 is 0 Å². The number of nitrogens with two attached hydrogens (primary N) is 1. The molecule has 5 N–H and O–H groups in total. The second-order valence-electron chi connectivity index (χ2n) is 7.39. The molecule has 0 aliphatic heterocycles. The van der Waals surface area contributed by atoms with Crippen molar-refractivity contribution in [3.63, 3.8) is 0 Å². The first-order valence-electron chi connectivity index (χ1n) is 10.5. The van der Waals surface area contributed by atoms with Crippen molar-refractivity contribution in [2.24, 2.45) is 5.73 Å². The van der Waals surface area contributed by atoms with E-state index in [0.717, 1.165) is 5.56 Å². The van der Waals surface area contributed by atoms with Crippen LogP contribution in [-0.4, -0.2) is 59.6 Å². The van der Waals surface area contributed by atoms with Gasteiger partial charge in [0.2, 0.25) is 0 Å². The maximum absolute atomic E-state index is 12.3. The van der Waals surface area contributed by atoms with Gasteiger partial charge in [-0.3, -0.25) is 14.4 Å². The molecule has 33 heavy (non-hydrogen) atoms. The van der Waals surface area contributed by atoms with Crippen molar-refractivity contribution >= 4 is 17.5 Å². The van der Waals surface area contributed by atoms with Crippen LogP contribution in [0.5, 0.6) is 5.75 Å². The van der Waals surface area contributed by atoms with Gasteiger partial charge in [-0.1, -0.05) is 11.8 Å². The van der Waals surface area contributed by atoms with Crippen LogP contribution in [0.15, 0.2) is 48.5 Å². The van der Waals surface area contributed by atoms with Crippen molar-refractivity contribution in [2.45, 2.75) is 31.9 Å². The van der Waals surface area contributed by atoms with Gasteiger partial charge in [-0.25, -0.2) is 0 Å². The van der Waals surface area contributed by atoms with E-state index < -0.39 is 30.4 Å². The van der Waals surface area contributed by atoms with E-state index in [1.54, 1.807) is 48.5 Å². The number of carbonyl (C=O) groups is 3. The number of rotatable bonds is 11. The van der Waals surface area contributed by atoms with Gasteiger partial charge in [-0.2, -0.15) is 0 Å². The van der Waals surface area contributed by atoms with Crippen LogP contribution >= 0.6 is 0 Å². The van der Waals surface area contributed by atoms with Gasteiger partial charge in [0.25, 0.3) is 5.91 Å². The van der Waals surface area contributed by atoms with Crippen LogP contribution in [0, 0.1) is 11.8 Å². The molecular weight excluding hydrogens is 424 g/mol. The Morgan fingerprint density at radius 2 is 1.61 bits per heavy atom. The van der Waals surface area contributed by atoms with Crippen LogP contribution in [-0.2, 0) is 9.59 Å². The zero-order chi connectivity index (χ0) is 24.2. The minimum atomic E-state index is -1.18. The Balaban J connectivity index is 1.95. The predicted octanol–water partition coefficient (Wildman–Crippen LogP) is 0.814. The Kier molecular flexibility index (Phi) is 10.2. The normalized spacial score (nSPS) is 12.1. The summed E-state index contributed by atoms with van der Waals surface area (Å²) in [5.41, 5.74) is 7.10. The van der Waals surface area contributed by atoms with Crippen LogP contribution in [0.3, 0.4) is 0 Å². The van der Waals surface area contributed by atoms with Crippen molar-refractivity contribution in [1.29, 1.82) is 0 Å². The summed E-state index contributed by atoms with van der Waals surface area (Å²) in [4.78, 5) is 35.6. The summed E-state index contributed by atoms with van der Waals surface area (Å²) in [6, 6.07) is 12.3. The highest BCUT2D eigenvalue weighted by molar-refractivity contribution is 5.98. The molecule has 0 saturated carbocycles. The van der Waals surface area contributed by atoms with Crippen molar-refractivity contribution in [3.05, 3.63) is 65.2 Å². The van der Waals surface area contributed by atoms with E-state index in [1.165, 1.54) is 6.92 Å². The maximum Gasteiger partial charge on any atom is 0.251 e. The van der Waals surface area contributed by atoms with E-state index in [4.69, 9.17) is 15.6 Å². The molecule has 0 saturated heterocycles. The first-order valence-corrected chi connectivity index (χ1v) is 10.5. The first-order chi connectivity index (χ1) is 15.8. The lowest BCUT2D eigenvalue weighted by molar-refractivity contribution is -0.126. The second kappa shape index (κ2) is 13.1. The molecule has 2 aromatic carbocycles. The van der Waals surface area contributed by atoms with E-state index in [1.807, 2.05) is 0 Å². The van der Waals surface area contributed by atoms with Gasteiger partial charge in [-0.05, 0) is 68.4 Å². The Morgan fingerprint density at radius 1 is 1.03 bits per heavy atom. The maximum atomic E-state index is 12.3. The summed E-state index contributed by atoms with van der Waals surface area (Å²) >= 11 is 0. The summed E-state index contributed by atoms with van der Waals surface area (Å²) in [7, 11) is 0. The Morgan fingerprint density at radius 3 is 2.12 bits per heavy atom. The minimum Gasteiger partial charge on any atom is -0.486 e. The fourth-order valence-electron chi connectivity index (χ4n) is 2.81. The lowest BCUT2D eigenvalue weighted by atomic mass is 10.1. The number of benzene rings is 2. The molecule has 2 rings (SSSR count). The summed E-state index contributed by atoms with van der Waals surface area (Å²) in [5.74, 6) is 5.36. The standard InChI is InChI=1S/C25H28N2O6/c1-17(29)24(23(31)15-28)27-25(32)20-10-6-18(7-11-20)4-5-19-8-12-22(13-9-19)33-16-21(30)3-2-14-26/h6-13,17,24,28-29H,2-3,14-16,26H2,1H3,(H,27,32)/t17-,24+/m1/s1. The van der Waals surface area contributed by atoms with Crippen LogP contribution in [0.1, 0.15) is 41.3 Å². The molecule has 0 aliphatic rings. The molecule has 0 heterocycles. The van der Waals surface area contributed by atoms with Crippen molar-refractivity contribution < 1.29 is 29.3 Å². The van der Waals surface area contributed by atoms with Gasteiger partial charge in [-0.15, -0.1) is 0 Å². The highest BCUT2D eigenvalue weighted by Gasteiger charge is 2.25. The SMILES string of the molecule is C[C@@H](O)[C@H](NC(=O)c1ccc(C#Cc2ccc(OCC(=O)CCCN)cc2)cc1)C(=O)CO. The van der Waals surface area contributed by atoms with Crippen molar-refractivity contribution in [3.8, 4) is 17.6 Å². The quantitative estimate of drug-likeness (QED) is 0.370. The van der Waals surface area contributed by atoms with Crippen molar-refractivity contribution in [1.82, 2.24) is 5.32 Å². The summed E-state index contributed by atoms with van der Waals surface area (Å²) in [5, 5.41) is 21.0. The number of ether oxygens (including phenoxy) is 1. The van der Waals surface area contributed by atoms with Crippen LogP contribution in [0.25, 0.3) is 0 Å². The number of ketones is 2. The predicted molar refractivity (Wildman–Crippen MR) is 123 cm³/mol. The molecule has 2 aromatic rings. The summed E-state index contributed by atoms with van der Waals surface area (Å²) in [6.07, 6.45) is -0.0801. The Labute approximate surface area is 192 Å². The van der Waals surface area contributed by atoms with E-state index in [0.29, 0.717) is 36.3 Å². The fourth-order valence-corrected chi connectivity index (χ4v) is 2.81. The molecule has 0 radical (unpaired) electrons. The molecule has 174 valence electrons. The van der Waals surface area contributed by atoms with E-state index in [-0.39, 0.29) is 12.4 Å². The monoisotopic (exact) mass is 452 g/mol. The van der Waals surface area contributed by atoms with Gasteiger partial charge >= 0.3 is 0 Å². The lowest BCUT2D eigenvalue weighted by Gasteiger charge is -2.19. The Bertz CT molecular complexity index is 1000. The number of hydrogen-bond acceptors (Lipinski definition) is 7. The van der Waals surface area contributed by atoms with Crippen molar-refractivity contribution in [2.75, 3.05) is 19.8 Å². The number of carbonyl (C=O) groups excluding carboxylic acids is 3. The third kappa shape index (κ3) is 8.50. The number of aliphatic hydroxyl groups is 2.